The van der Waals surface area contributed by atoms with Gasteiger partial charge in [0.1, 0.15) is 6.04 Å². The first-order valence-corrected chi connectivity index (χ1v) is 9.53. The molecule has 0 radical (unpaired) electrons. The molecule has 1 aliphatic carbocycles. The van der Waals surface area contributed by atoms with Gasteiger partial charge in [-0.2, -0.15) is 0 Å². The number of nitrogens with zero attached hydrogens (tertiary/aromatic N) is 1. The smallest absolute Gasteiger partial charge is 0.314 e. The Kier molecular flexibility index (Phi) is 5.48. The van der Waals surface area contributed by atoms with Gasteiger partial charge in [-0.15, -0.1) is 0 Å². The van der Waals surface area contributed by atoms with Crippen molar-refractivity contribution in [3.63, 3.8) is 0 Å². The molecule has 2 heterocycles. The zero-order valence-electron chi connectivity index (χ0n) is 15.4. The first-order valence-electron chi connectivity index (χ1n) is 9.53. The Hall–Kier alpha value is -2.12. The predicted molar refractivity (Wildman–Crippen MR) is 93.9 cm³/mol. The van der Waals surface area contributed by atoms with E-state index in [-0.39, 0.29) is 54.0 Å². The molecule has 0 aromatic rings. The van der Waals surface area contributed by atoms with Crippen LogP contribution in [0.5, 0.6) is 0 Å². The molecule has 0 bridgehead atoms. The van der Waals surface area contributed by atoms with Crippen LogP contribution in [0.4, 0.5) is 4.79 Å². The summed E-state index contributed by atoms with van der Waals surface area (Å²) in [6, 6.07) is -0.603. The molecule has 0 spiro atoms. The first-order chi connectivity index (χ1) is 12.3. The van der Waals surface area contributed by atoms with Crippen molar-refractivity contribution in [2.24, 2.45) is 17.8 Å². The molecule has 3 aliphatic rings. The van der Waals surface area contributed by atoms with E-state index in [4.69, 9.17) is 0 Å². The van der Waals surface area contributed by atoms with Crippen LogP contribution >= 0.6 is 0 Å². The minimum atomic E-state index is -0.515. The topological polar surface area (TPSA) is 108 Å². The highest BCUT2D eigenvalue weighted by Crippen LogP contribution is 2.41. The number of urea groups is 1. The molecule has 2 saturated heterocycles. The maximum atomic E-state index is 12.9. The highest BCUT2D eigenvalue weighted by atomic mass is 16.2. The van der Waals surface area contributed by atoms with Gasteiger partial charge >= 0.3 is 6.03 Å². The van der Waals surface area contributed by atoms with Crippen LogP contribution in [-0.2, 0) is 14.4 Å². The van der Waals surface area contributed by atoms with Crippen LogP contribution in [0.3, 0.4) is 0 Å². The molecule has 3 fully saturated rings. The van der Waals surface area contributed by atoms with E-state index in [1.54, 1.807) is 4.90 Å². The zero-order valence-corrected chi connectivity index (χ0v) is 15.4. The molecule has 8 nitrogen and oxygen atoms in total. The molecular formula is C18H28N4O4. The Balaban J connectivity index is 1.54. The lowest BCUT2D eigenvalue weighted by Gasteiger charge is -2.30. The van der Waals surface area contributed by atoms with E-state index >= 15 is 0 Å². The van der Waals surface area contributed by atoms with Crippen molar-refractivity contribution in [1.82, 2.24) is 20.9 Å². The average Bonchev–Trinajstić information content (AvgIpc) is 2.89. The van der Waals surface area contributed by atoms with Crippen molar-refractivity contribution in [1.29, 1.82) is 0 Å². The van der Waals surface area contributed by atoms with Crippen LogP contribution < -0.4 is 16.0 Å². The maximum Gasteiger partial charge on any atom is 0.314 e. The number of piperidine rings is 1. The van der Waals surface area contributed by atoms with Gasteiger partial charge in [0.05, 0.1) is 0 Å². The van der Waals surface area contributed by atoms with Crippen LogP contribution in [0, 0.1) is 17.8 Å². The Labute approximate surface area is 153 Å². The van der Waals surface area contributed by atoms with Gasteiger partial charge < -0.3 is 15.5 Å². The zero-order chi connectivity index (χ0) is 18.8. The average molecular weight is 364 g/mol. The van der Waals surface area contributed by atoms with E-state index in [1.165, 1.54) is 0 Å². The standard InChI is InChI=1S/C18H28N4O4/c1-10(2)20-18(26)19-8-11-3-4-12-9-22(17(25)13(12)7-11)14-5-6-15(23)21-16(14)24/h10-14H,3-9H2,1-2H3,(H2,19,20,26)(H,21,23,24). The molecular weight excluding hydrogens is 336 g/mol. The SMILES string of the molecule is CC(C)NC(=O)NCC1CCC2CN(C3CCC(=O)NC3=O)C(=O)C2C1. The molecule has 4 atom stereocenters. The summed E-state index contributed by atoms with van der Waals surface area (Å²) in [5, 5.41) is 8.03. The maximum absolute atomic E-state index is 12.9. The van der Waals surface area contributed by atoms with Gasteiger partial charge in [0, 0.05) is 31.5 Å². The van der Waals surface area contributed by atoms with Crippen molar-refractivity contribution in [3.8, 4) is 0 Å². The summed E-state index contributed by atoms with van der Waals surface area (Å²) in [7, 11) is 0. The highest BCUT2D eigenvalue weighted by Gasteiger charge is 2.48. The lowest BCUT2D eigenvalue weighted by atomic mass is 9.75. The quantitative estimate of drug-likeness (QED) is 0.627. The van der Waals surface area contributed by atoms with Gasteiger partial charge in [0.2, 0.25) is 17.7 Å². The molecule has 26 heavy (non-hydrogen) atoms. The Bertz CT molecular complexity index is 606. The van der Waals surface area contributed by atoms with Gasteiger partial charge in [-0.3, -0.25) is 19.7 Å². The largest absolute Gasteiger partial charge is 0.338 e. The molecule has 3 N–H and O–H groups in total. The molecule has 1 saturated carbocycles. The number of likely N-dealkylation sites (tertiary alicyclic amines) is 1. The van der Waals surface area contributed by atoms with E-state index in [0.29, 0.717) is 19.5 Å². The fourth-order valence-corrected chi connectivity index (χ4v) is 4.39. The monoisotopic (exact) mass is 364 g/mol. The number of imide groups is 1. The number of nitrogens with one attached hydrogen (secondary N) is 3. The number of carbonyl (C=O) groups excluding carboxylic acids is 4. The fourth-order valence-electron chi connectivity index (χ4n) is 4.39. The van der Waals surface area contributed by atoms with Crippen LogP contribution in [0.25, 0.3) is 0 Å². The van der Waals surface area contributed by atoms with Crippen molar-refractivity contribution in [2.45, 2.75) is 58.0 Å². The molecule has 2 aliphatic heterocycles. The molecule has 5 amide bonds. The summed E-state index contributed by atoms with van der Waals surface area (Å²) >= 11 is 0. The normalized spacial score (nSPS) is 31.7. The van der Waals surface area contributed by atoms with Gasteiger partial charge in [-0.1, -0.05) is 0 Å². The van der Waals surface area contributed by atoms with E-state index in [0.717, 1.165) is 19.3 Å². The van der Waals surface area contributed by atoms with E-state index < -0.39 is 6.04 Å². The second-order valence-electron chi connectivity index (χ2n) is 8.01. The summed E-state index contributed by atoms with van der Waals surface area (Å²) in [6.07, 6.45) is 3.34. The van der Waals surface area contributed by atoms with E-state index in [9.17, 15) is 19.2 Å². The molecule has 3 rings (SSSR count). The summed E-state index contributed by atoms with van der Waals surface area (Å²) in [6.45, 7) is 4.98. The Morgan fingerprint density at radius 2 is 2.00 bits per heavy atom. The first kappa shape index (κ1) is 18.7. The van der Waals surface area contributed by atoms with Crippen LogP contribution in [-0.4, -0.2) is 53.8 Å². The number of fused-ring (bicyclic) bond motifs is 1. The lowest BCUT2D eigenvalue weighted by Crippen LogP contribution is -2.53. The van der Waals surface area contributed by atoms with Gasteiger partial charge in [-0.05, 0) is 51.4 Å². The summed E-state index contributed by atoms with van der Waals surface area (Å²) in [4.78, 5) is 49.7. The summed E-state index contributed by atoms with van der Waals surface area (Å²) < 4.78 is 0. The number of hydrogen-bond donors (Lipinski definition) is 3. The van der Waals surface area contributed by atoms with Gasteiger partial charge in [0.15, 0.2) is 0 Å². The molecule has 0 aromatic carbocycles. The molecule has 4 unspecified atom stereocenters. The lowest BCUT2D eigenvalue weighted by molar-refractivity contribution is -0.144. The van der Waals surface area contributed by atoms with Crippen LogP contribution in [0.15, 0.2) is 0 Å². The Morgan fingerprint density at radius 3 is 2.69 bits per heavy atom. The van der Waals surface area contributed by atoms with Crippen molar-refractivity contribution in [3.05, 3.63) is 0 Å². The minimum absolute atomic E-state index is 0.0285. The van der Waals surface area contributed by atoms with Gasteiger partial charge in [-0.25, -0.2) is 4.79 Å². The molecule has 8 heteroatoms. The minimum Gasteiger partial charge on any atom is -0.338 e. The van der Waals surface area contributed by atoms with Gasteiger partial charge in [0.25, 0.3) is 0 Å². The third-order valence-corrected chi connectivity index (χ3v) is 5.69. The second-order valence-corrected chi connectivity index (χ2v) is 8.01. The Morgan fingerprint density at radius 1 is 1.23 bits per heavy atom. The van der Waals surface area contributed by atoms with E-state index in [2.05, 4.69) is 16.0 Å². The van der Waals surface area contributed by atoms with Crippen molar-refractivity contribution in [2.75, 3.05) is 13.1 Å². The number of amides is 5. The summed E-state index contributed by atoms with van der Waals surface area (Å²) in [5.74, 6) is -0.110. The molecule has 144 valence electrons. The fraction of sp³-hybridized carbons (Fsp3) is 0.778. The number of rotatable bonds is 4. The third kappa shape index (κ3) is 3.99. The van der Waals surface area contributed by atoms with Crippen LogP contribution in [0.1, 0.15) is 46.0 Å². The van der Waals surface area contributed by atoms with Crippen LogP contribution in [0.2, 0.25) is 0 Å². The molecule has 0 aromatic heterocycles. The highest BCUT2D eigenvalue weighted by molar-refractivity contribution is 6.02. The number of carbonyl (C=O) groups is 4. The van der Waals surface area contributed by atoms with E-state index in [1.807, 2.05) is 13.8 Å². The second kappa shape index (κ2) is 7.63. The van der Waals surface area contributed by atoms with Crippen molar-refractivity contribution < 1.29 is 19.2 Å². The predicted octanol–water partition coefficient (Wildman–Crippen LogP) is 0.374. The van der Waals surface area contributed by atoms with Crippen molar-refractivity contribution >= 4 is 23.8 Å². The number of hydrogen-bond acceptors (Lipinski definition) is 4. The summed E-state index contributed by atoms with van der Waals surface area (Å²) in [5.41, 5.74) is 0. The third-order valence-electron chi connectivity index (χ3n) is 5.69.